The summed E-state index contributed by atoms with van der Waals surface area (Å²) in [6, 6.07) is 9.78. The number of amides is 1. The Labute approximate surface area is 95.0 Å². The second kappa shape index (κ2) is 4.49. The summed E-state index contributed by atoms with van der Waals surface area (Å²) < 4.78 is 0. The minimum Gasteiger partial charge on any atom is -0.391 e. The Morgan fingerprint density at radius 2 is 2.00 bits per heavy atom. The highest BCUT2D eigenvalue weighted by Crippen LogP contribution is 2.27. The lowest BCUT2D eigenvalue weighted by Crippen LogP contribution is -2.34. The van der Waals surface area contributed by atoms with Crippen LogP contribution in [0.1, 0.15) is 12.0 Å². The Morgan fingerprint density at radius 1 is 1.31 bits per heavy atom. The molecule has 16 heavy (non-hydrogen) atoms. The molecule has 1 aromatic rings. The third-order valence-electron chi connectivity index (χ3n) is 2.95. The maximum absolute atomic E-state index is 11.8. The largest absolute Gasteiger partial charge is 0.391 e. The number of aliphatic hydroxyl groups is 1. The summed E-state index contributed by atoms with van der Waals surface area (Å²) in [5, 5.41) is 9.31. The number of carbonyl (C=O) groups excluding carboxylic acids is 1. The molecule has 0 saturated heterocycles. The molecule has 3 heteroatoms. The Kier molecular flexibility index (Phi) is 3.06. The van der Waals surface area contributed by atoms with E-state index in [-0.39, 0.29) is 12.5 Å². The number of rotatable bonds is 2. The Bertz CT molecular complexity index is 423. The van der Waals surface area contributed by atoms with Crippen molar-refractivity contribution in [1.29, 1.82) is 0 Å². The predicted molar refractivity (Wildman–Crippen MR) is 62.7 cm³/mol. The van der Waals surface area contributed by atoms with Gasteiger partial charge in [0.05, 0.1) is 6.61 Å². The Hall–Kier alpha value is -1.61. The van der Waals surface area contributed by atoms with Crippen molar-refractivity contribution in [3.63, 3.8) is 0 Å². The van der Waals surface area contributed by atoms with E-state index in [2.05, 4.69) is 0 Å². The molecule has 0 unspecified atom stereocenters. The third-order valence-corrected chi connectivity index (χ3v) is 2.95. The summed E-state index contributed by atoms with van der Waals surface area (Å²) in [7, 11) is 1.76. The quantitative estimate of drug-likeness (QED) is 0.811. The number of carbonyl (C=O) groups is 1. The van der Waals surface area contributed by atoms with Crippen molar-refractivity contribution >= 4 is 11.5 Å². The number of aliphatic hydroxyl groups excluding tert-OH is 1. The van der Waals surface area contributed by atoms with Crippen LogP contribution in [-0.2, 0) is 4.79 Å². The third kappa shape index (κ3) is 1.86. The molecule has 1 N–H and O–H groups in total. The molecule has 0 aromatic heterocycles. The lowest BCUT2D eigenvalue weighted by molar-refractivity contribution is -0.126. The van der Waals surface area contributed by atoms with E-state index in [0.29, 0.717) is 12.1 Å². The minimum atomic E-state index is -0.187. The zero-order valence-electron chi connectivity index (χ0n) is 9.31. The molecule has 0 spiro atoms. The van der Waals surface area contributed by atoms with Crippen LogP contribution in [0.15, 0.2) is 35.9 Å². The van der Waals surface area contributed by atoms with E-state index in [9.17, 15) is 9.90 Å². The molecule has 0 aliphatic carbocycles. The molecule has 84 valence electrons. The zero-order valence-corrected chi connectivity index (χ0v) is 9.31. The molecule has 1 aliphatic rings. The number of nitrogens with zero attached hydrogens (tertiary/aromatic N) is 1. The highest BCUT2D eigenvalue weighted by Gasteiger charge is 2.24. The molecule has 1 aromatic carbocycles. The molecule has 0 radical (unpaired) electrons. The van der Waals surface area contributed by atoms with Gasteiger partial charge < -0.3 is 10.0 Å². The van der Waals surface area contributed by atoms with Crippen molar-refractivity contribution in [1.82, 2.24) is 4.90 Å². The fraction of sp³-hybridized carbons (Fsp3) is 0.308. The number of benzene rings is 1. The topological polar surface area (TPSA) is 40.5 Å². The van der Waals surface area contributed by atoms with Crippen molar-refractivity contribution in [2.45, 2.75) is 6.42 Å². The van der Waals surface area contributed by atoms with Gasteiger partial charge in [0.15, 0.2) is 0 Å². The number of hydrogen-bond donors (Lipinski definition) is 1. The minimum absolute atomic E-state index is 0.0624. The van der Waals surface area contributed by atoms with Crippen LogP contribution in [0.25, 0.3) is 5.57 Å². The predicted octanol–water partition coefficient (Wildman–Crippen LogP) is 1.29. The van der Waals surface area contributed by atoms with Gasteiger partial charge in [-0.2, -0.15) is 0 Å². The standard InChI is InChI=1S/C13H15NO2/c1-14-8-7-11(12(9-15)13(14)16)10-5-3-2-4-6-10/h2-6,15H,7-9H2,1H3. The first-order valence-corrected chi connectivity index (χ1v) is 5.38. The first-order chi connectivity index (χ1) is 7.74. The van der Waals surface area contributed by atoms with Gasteiger partial charge in [0.2, 0.25) is 0 Å². The molecule has 3 nitrogen and oxygen atoms in total. The maximum Gasteiger partial charge on any atom is 0.252 e. The first kappa shape index (κ1) is 10.9. The van der Waals surface area contributed by atoms with Crippen molar-refractivity contribution < 1.29 is 9.90 Å². The van der Waals surface area contributed by atoms with Crippen molar-refractivity contribution in [2.24, 2.45) is 0 Å². The molecule has 0 bridgehead atoms. The highest BCUT2D eigenvalue weighted by molar-refractivity contribution is 6.02. The van der Waals surface area contributed by atoms with Gasteiger partial charge in [-0.15, -0.1) is 0 Å². The van der Waals surface area contributed by atoms with Crippen LogP contribution in [0, 0.1) is 0 Å². The van der Waals surface area contributed by atoms with Gasteiger partial charge in [-0.05, 0) is 17.6 Å². The van der Waals surface area contributed by atoms with E-state index >= 15 is 0 Å². The van der Waals surface area contributed by atoms with Crippen LogP contribution >= 0.6 is 0 Å². The van der Waals surface area contributed by atoms with Gasteiger partial charge in [-0.1, -0.05) is 30.3 Å². The smallest absolute Gasteiger partial charge is 0.252 e. The average Bonchev–Trinajstić information content (AvgIpc) is 2.33. The highest BCUT2D eigenvalue weighted by atomic mass is 16.3. The van der Waals surface area contributed by atoms with Crippen LogP contribution in [-0.4, -0.2) is 36.1 Å². The first-order valence-electron chi connectivity index (χ1n) is 5.38. The van der Waals surface area contributed by atoms with E-state index < -0.39 is 0 Å². The van der Waals surface area contributed by atoms with E-state index in [1.54, 1.807) is 11.9 Å². The average molecular weight is 217 g/mol. The van der Waals surface area contributed by atoms with Gasteiger partial charge >= 0.3 is 0 Å². The van der Waals surface area contributed by atoms with Gasteiger partial charge in [0, 0.05) is 19.2 Å². The van der Waals surface area contributed by atoms with Crippen LogP contribution in [0.4, 0.5) is 0 Å². The SMILES string of the molecule is CN1CCC(c2ccccc2)=C(CO)C1=O. The van der Waals surface area contributed by atoms with Crippen LogP contribution < -0.4 is 0 Å². The van der Waals surface area contributed by atoms with Crippen LogP contribution in [0.2, 0.25) is 0 Å². The van der Waals surface area contributed by atoms with Crippen molar-refractivity contribution in [3.8, 4) is 0 Å². The summed E-state index contributed by atoms with van der Waals surface area (Å²) >= 11 is 0. The Morgan fingerprint density at radius 3 is 2.62 bits per heavy atom. The number of hydrogen-bond acceptors (Lipinski definition) is 2. The van der Waals surface area contributed by atoms with E-state index in [1.165, 1.54) is 0 Å². The fourth-order valence-electron chi connectivity index (χ4n) is 2.01. The molecule has 1 aliphatic heterocycles. The lowest BCUT2D eigenvalue weighted by atomic mass is 9.93. The lowest BCUT2D eigenvalue weighted by Gasteiger charge is -2.26. The fourth-order valence-corrected chi connectivity index (χ4v) is 2.01. The van der Waals surface area contributed by atoms with Crippen LogP contribution in [0.3, 0.4) is 0 Å². The normalized spacial score (nSPS) is 16.9. The number of likely N-dealkylation sites (N-methyl/N-ethyl adjacent to an activating group) is 1. The maximum atomic E-state index is 11.8. The molecule has 1 heterocycles. The second-order valence-electron chi connectivity index (χ2n) is 3.96. The van der Waals surface area contributed by atoms with E-state index in [1.807, 2.05) is 30.3 Å². The second-order valence-corrected chi connectivity index (χ2v) is 3.96. The van der Waals surface area contributed by atoms with E-state index in [4.69, 9.17) is 0 Å². The summed E-state index contributed by atoms with van der Waals surface area (Å²) in [5.74, 6) is -0.0624. The summed E-state index contributed by atoms with van der Waals surface area (Å²) in [6.07, 6.45) is 0.808. The van der Waals surface area contributed by atoms with Gasteiger partial charge in [-0.3, -0.25) is 4.79 Å². The summed E-state index contributed by atoms with van der Waals surface area (Å²) in [4.78, 5) is 13.5. The van der Waals surface area contributed by atoms with Crippen molar-refractivity contribution in [3.05, 3.63) is 41.5 Å². The summed E-state index contributed by atoms with van der Waals surface area (Å²) in [6.45, 7) is 0.528. The monoisotopic (exact) mass is 217 g/mol. The molecular formula is C13H15NO2. The molecular weight excluding hydrogens is 202 g/mol. The molecule has 0 atom stereocenters. The molecule has 1 amide bonds. The molecule has 0 fully saturated rings. The molecule has 2 rings (SSSR count). The Balaban J connectivity index is 2.46. The van der Waals surface area contributed by atoms with Crippen LogP contribution in [0.5, 0.6) is 0 Å². The van der Waals surface area contributed by atoms with Crippen molar-refractivity contribution in [2.75, 3.05) is 20.2 Å². The molecule has 0 saturated carbocycles. The zero-order chi connectivity index (χ0) is 11.5. The van der Waals surface area contributed by atoms with Gasteiger partial charge in [-0.25, -0.2) is 0 Å². The van der Waals surface area contributed by atoms with Gasteiger partial charge in [0.1, 0.15) is 0 Å². The summed E-state index contributed by atoms with van der Waals surface area (Å²) in [5.41, 5.74) is 2.54. The van der Waals surface area contributed by atoms with Gasteiger partial charge in [0.25, 0.3) is 5.91 Å². The van der Waals surface area contributed by atoms with E-state index in [0.717, 1.165) is 17.6 Å².